The molecule has 0 aliphatic heterocycles. The van der Waals surface area contributed by atoms with Gasteiger partial charge in [-0.1, -0.05) is 18.2 Å². The predicted octanol–water partition coefficient (Wildman–Crippen LogP) is 1.38. The summed E-state index contributed by atoms with van der Waals surface area (Å²) in [5, 5.41) is 40.4. The number of nitrogens with one attached hydrogen (secondary N) is 2. The van der Waals surface area contributed by atoms with Gasteiger partial charge in [-0.25, -0.2) is 9.59 Å². The van der Waals surface area contributed by atoms with Crippen molar-refractivity contribution in [3.63, 3.8) is 0 Å². The number of aromatic hydroxyl groups is 1. The van der Waals surface area contributed by atoms with Gasteiger partial charge in [-0.2, -0.15) is 0 Å². The number of carboxylic acids is 2. The number of aliphatic carboxylic acids is 2. The Labute approximate surface area is 179 Å². The summed E-state index contributed by atoms with van der Waals surface area (Å²) in [6.45, 7) is 2.41. The highest BCUT2D eigenvalue weighted by Crippen LogP contribution is 2.26. The maximum atomic E-state index is 10.5. The third kappa shape index (κ3) is 9.15. The highest BCUT2D eigenvalue weighted by Gasteiger charge is 2.12. The Morgan fingerprint density at radius 3 is 2.23 bits per heavy atom. The molecule has 0 heterocycles. The zero-order chi connectivity index (χ0) is 23.4. The molecule has 10 heteroatoms. The van der Waals surface area contributed by atoms with Crippen LogP contribution in [0.4, 0.5) is 5.69 Å². The third-order valence-corrected chi connectivity index (χ3v) is 4.16. The second kappa shape index (κ2) is 12.8. The molecule has 0 fully saturated rings. The number of anilines is 1. The third-order valence-electron chi connectivity index (χ3n) is 4.16. The van der Waals surface area contributed by atoms with Crippen LogP contribution >= 0.6 is 0 Å². The fraction of sp³-hybridized carbons (Fsp3) is 0.286. The van der Waals surface area contributed by atoms with Gasteiger partial charge in [0.1, 0.15) is 11.5 Å². The molecule has 0 spiro atoms. The summed E-state index contributed by atoms with van der Waals surface area (Å²) in [6.07, 6.45) is 0.566. The number of methoxy groups -OCH3 is 1. The molecule has 0 aliphatic rings. The summed E-state index contributed by atoms with van der Waals surface area (Å²) < 4.78 is 5.14. The van der Waals surface area contributed by atoms with Crippen LogP contribution in [0.3, 0.4) is 0 Å². The molecule has 0 unspecified atom stereocenters. The van der Waals surface area contributed by atoms with E-state index >= 15 is 0 Å². The Kier molecular flexibility index (Phi) is 10.5. The second-order valence-electron chi connectivity index (χ2n) is 6.53. The van der Waals surface area contributed by atoms with Crippen LogP contribution in [-0.4, -0.2) is 58.5 Å². The number of phenolic OH excluding ortho intramolecular Hbond substituents is 1. The van der Waals surface area contributed by atoms with E-state index in [0.717, 1.165) is 12.2 Å². The minimum absolute atomic E-state index is 0.0381. The summed E-state index contributed by atoms with van der Waals surface area (Å²) in [7, 11) is 1.64. The average Bonchev–Trinajstić information content (AvgIpc) is 2.74. The predicted molar refractivity (Wildman–Crippen MR) is 112 cm³/mol. The van der Waals surface area contributed by atoms with E-state index in [9.17, 15) is 15.0 Å². The molecule has 0 saturated heterocycles. The lowest BCUT2D eigenvalue weighted by Gasteiger charge is -2.18. The van der Waals surface area contributed by atoms with E-state index in [0.29, 0.717) is 18.5 Å². The first-order chi connectivity index (χ1) is 14.7. The summed E-state index contributed by atoms with van der Waals surface area (Å²) in [4.78, 5) is 28.7. The molecule has 2 aromatic carbocycles. The highest BCUT2D eigenvalue weighted by atomic mass is 16.5. The second-order valence-corrected chi connectivity index (χ2v) is 6.53. The number of carbonyl (C=O) groups excluding carboxylic acids is 1. The molecular formula is C21H26N2O8. The maximum absolute atomic E-state index is 10.5. The number of carboxylic acid groups (broad SMARTS) is 2. The topological polar surface area (TPSA) is 165 Å². The number of hydrogen-bond acceptors (Lipinski definition) is 7. The molecular weight excluding hydrogens is 408 g/mol. The van der Waals surface area contributed by atoms with E-state index in [2.05, 4.69) is 10.6 Å². The summed E-state index contributed by atoms with van der Waals surface area (Å²) in [5.41, 5.74) is 2.07. The lowest BCUT2D eigenvalue weighted by Crippen LogP contribution is -2.32. The van der Waals surface area contributed by atoms with Crippen LogP contribution in [0.15, 0.2) is 42.5 Å². The Morgan fingerprint density at radius 1 is 1.10 bits per heavy atom. The molecule has 2 atom stereocenters. The molecule has 2 aromatic rings. The molecule has 6 N–H and O–H groups in total. The molecule has 0 bridgehead atoms. The Morgan fingerprint density at radius 2 is 1.71 bits per heavy atom. The van der Waals surface area contributed by atoms with Gasteiger partial charge >= 0.3 is 11.9 Å². The number of aliphatic hydroxyl groups is 1. The molecule has 10 nitrogen and oxygen atoms in total. The number of benzene rings is 2. The smallest absolute Gasteiger partial charge is 0.414 e. The van der Waals surface area contributed by atoms with Crippen molar-refractivity contribution >= 4 is 24.0 Å². The van der Waals surface area contributed by atoms with Gasteiger partial charge in [-0.3, -0.25) is 4.79 Å². The van der Waals surface area contributed by atoms with Crippen molar-refractivity contribution in [1.29, 1.82) is 0 Å². The summed E-state index contributed by atoms with van der Waals surface area (Å²) in [5.74, 6) is -2.86. The zero-order valence-electron chi connectivity index (χ0n) is 17.1. The number of hydrogen-bond donors (Lipinski definition) is 6. The van der Waals surface area contributed by atoms with E-state index in [1.807, 2.05) is 31.2 Å². The quantitative estimate of drug-likeness (QED) is 0.194. The Balaban J connectivity index is 0.000000703. The van der Waals surface area contributed by atoms with Crippen LogP contribution in [0.5, 0.6) is 11.5 Å². The number of ether oxygens (including phenoxy) is 1. The van der Waals surface area contributed by atoms with Crippen molar-refractivity contribution in [3.8, 4) is 11.5 Å². The minimum Gasteiger partial charge on any atom is -0.506 e. The molecule has 0 saturated carbocycles. The lowest BCUT2D eigenvalue weighted by atomic mass is 10.1. The van der Waals surface area contributed by atoms with Gasteiger partial charge in [-0.05, 0) is 48.7 Å². The number of phenols is 1. The van der Waals surface area contributed by atoms with Gasteiger partial charge in [0.05, 0.1) is 18.9 Å². The normalized spacial score (nSPS) is 12.0. The van der Waals surface area contributed by atoms with E-state index in [4.69, 9.17) is 24.5 Å². The zero-order valence-corrected chi connectivity index (χ0v) is 17.1. The number of carbonyl (C=O) groups is 3. The van der Waals surface area contributed by atoms with Crippen LogP contribution in [0.1, 0.15) is 24.2 Å². The molecule has 31 heavy (non-hydrogen) atoms. The number of rotatable bonds is 9. The van der Waals surface area contributed by atoms with Crippen molar-refractivity contribution < 1.29 is 39.5 Å². The van der Waals surface area contributed by atoms with Crippen LogP contribution in [-0.2, 0) is 20.8 Å². The number of amides is 1. The monoisotopic (exact) mass is 434 g/mol. The first-order valence-electron chi connectivity index (χ1n) is 9.21. The van der Waals surface area contributed by atoms with Crippen molar-refractivity contribution in [2.45, 2.75) is 25.5 Å². The van der Waals surface area contributed by atoms with Gasteiger partial charge in [-0.15, -0.1) is 0 Å². The Bertz CT molecular complexity index is 858. The first-order valence-corrected chi connectivity index (χ1v) is 9.21. The SMILES string of the molecule is COc1ccc(C[C@@H](C)NC[C@H](O)c2ccc(O)c(NC=O)c2)cc1.O=C(O)C(=O)O. The molecule has 1 amide bonds. The molecule has 168 valence electrons. The first kappa shape index (κ1) is 25.4. The van der Waals surface area contributed by atoms with E-state index in [-0.39, 0.29) is 17.5 Å². The maximum Gasteiger partial charge on any atom is 0.414 e. The molecule has 0 aliphatic carbocycles. The van der Waals surface area contributed by atoms with Crippen LogP contribution < -0.4 is 15.4 Å². The van der Waals surface area contributed by atoms with Crippen molar-refractivity contribution in [2.75, 3.05) is 19.0 Å². The molecule has 0 radical (unpaired) electrons. The van der Waals surface area contributed by atoms with Gasteiger partial charge in [0, 0.05) is 12.6 Å². The van der Waals surface area contributed by atoms with Crippen molar-refractivity contribution in [3.05, 3.63) is 53.6 Å². The fourth-order valence-corrected chi connectivity index (χ4v) is 2.56. The van der Waals surface area contributed by atoms with E-state index in [1.165, 1.54) is 11.6 Å². The van der Waals surface area contributed by atoms with Gasteiger partial charge < -0.3 is 35.8 Å². The largest absolute Gasteiger partial charge is 0.506 e. The Hall–Kier alpha value is -3.63. The van der Waals surface area contributed by atoms with Crippen LogP contribution in [0.2, 0.25) is 0 Å². The van der Waals surface area contributed by atoms with Crippen molar-refractivity contribution in [2.24, 2.45) is 0 Å². The highest BCUT2D eigenvalue weighted by molar-refractivity contribution is 6.27. The van der Waals surface area contributed by atoms with Crippen LogP contribution in [0, 0.1) is 0 Å². The van der Waals surface area contributed by atoms with E-state index in [1.54, 1.807) is 19.2 Å². The average molecular weight is 434 g/mol. The number of aliphatic hydroxyl groups excluding tert-OH is 1. The van der Waals surface area contributed by atoms with E-state index < -0.39 is 18.0 Å². The van der Waals surface area contributed by atoms with Gasteiger partial charge in [0.15, 0.2) is 0 Å². The minimum atomic E-state index is -1.82. The van der Waals surface area contributed by atoms with Gasteiger partial charge in [0.2, 0.25) is 6.41 Å². The molecule has 2 rings (SSSR count). The molecule has 0 aromatic heterocycles. The summed E-state index contributed by atoms with van der Waals surface area (Å²) in [6, 6.07) is 12.7. The van der Waals surface area contributed by atoms with Gasteiger partial charge in [0.25, 0.3) is 0 Å². The van der Waals surface area contributed by atoms with Crippen molar-refractivity contribution in [1.82, 2.24) is 5.32 Å². The standard InChI is InChI=1S/C19H24N2O4.C2H2O4/c1-13(9-14-3-6-16(25-2)7-4-14)20-11-19(24)15-5-8-18(23)17(10-15)21-12-22;3-1(4)2(5)6/h3-8,10,12-13,19-20,23-24H,9,11H2,1-2H3,(H,21,22);(H,3,4)(H,5,6)/t13-,19+;/m1./s1. The fourth-order valence-electron chi connectivity index (χ4n) is 2.56. The lowest BCUT2D eigenvalue weighted by molar-refractivity contribution is -0.159. The summed E-state index contributed by atoms with van der Waals surface area (Å²) >= 11 is 0. The van der Waals surface area contributed by atoms with Crippen LogP contribution in [0.25, 0.3) is 0 Å².